The van der Waals surface area contributed by atoms with E-state index < -0.39 is 0 Å². The van der Waals surface area contributed by atoms with Crippen molar-refractivity contribution >= 4 is 5.65 Å². The van der Waals surface area contributed by atoms with Crippen LogP contribution in [0.5, 0.6) is 0 Å². The third-order valence-corrected chi connectivity index (χ3v) is 3.61. The molecule has 0 saturated heterocycles. The molecule has 0 radical (unpaired) electrons. The van der Waals surface area contributed by atoms with Crippen LogP contribution in [0.3, 0.4) is 0 Å². The van der Waals surface area contributed by atoms with Gasteiger partial charge in [-0.05, 0) is 37.3 Å². The van der Waals surface area contributed by atoms with Gasteiger partial charge < -0.3 is 4.40 Å². The first-order valence-corrected chi connectivity index (χ1v) is 5.93. The highest BCUT2D eigenvalue weighted by Crippen LogP contribution is 2.28. The van der Waals surface area contributed by atoms with Gasteiger partial charge in [0.15, 0.2) is 0 Å². The second-order valence-corrected chi connectivity index (χ2v) is 4.60. The van der Waals surface area contributed by atoms with Crippen molar-refractivity contribution in [3.63, 3.8) is 0 Å². The lowest BCUT2D eigenvalue weighted by molar-refractivity contribution is 0.435. The summed E-state index contributed by atoms with van der Waals surface area (Å²) in [6.07, 6.45) is 6.05. The number of halogens is 1. The van der Waals surface area contributed by atoms with Crippen molar-refractivity contribution in [3.05, 3.63) is 35.5 Å². The van der Waals surface area contributed by atoms with Gasteiger partial charge in [-0.1, -0.05) is 13.3 Å². The summed E-state index contributed by atoms with van der Waals surface area (Å²) in [5.41, 5.74) is 3.26. The van der Waals surface area contributed by atoms with Crippen LogP contribution in [0, 0.1) is 11.7 Å². The van der Waals surface area contributed by atoms with E-state index in [0.717, 1.165) is 30.1 Å². The van der Waals surface area contributed by atoms with Crippen LogP contribution in [0.25, 0.3) is 5.65 Å². The van der Waals surface area contributed by atoms with E-state index in [4.69, 9.17) is 0 Å². The van der Waals surface area contributed by atoms with Crippen molar-refractivity contribution in [1.82, 2.24) is 9.38 Å². The zero-order valence-corrected chi connectivity index (χ0v) is 9.41. The monoisotopic (exact) mass is 218 g/mol. The van der Waals surface area contributed by atoms with E-state index in [9.17, 15) is 4.39 Å². The minimum absolute atomic E-state index is 0.189. The normalized spacial score (nSPS) is 20.0. The molecule has 1 unspecified atom stereocenters. The lowest BCUT2D eigenvalue weighted by Gasteiger charge is -2.20. The van der Waals surface area contributed by atoms with Crippen LogP contribution in [-0.4, -0.2) is 9.38 Å². The summed E-state index contributed by atoms with van der Waals surface area (Å²) in [5.74, 6) is 0.544. The molecule has 1 atom stereocenters. The summed E-state index contributed by atoms with van der Waals surface area (Å²) in [4.78, 5) is 4.56. The molecule has 2 heterocycles. The maximum atomic E-state index is 13.2. The van der Waals surface area contributed by atoms with Crippen molar-refractivity contribution in [2.75, 3.05) is 0 Å². The molecule has 3 rings (SSSR count). The SMILES string of the molecule is CCC1CCc2nc3ccc(F)cn3c2C1. The molecule has 0 N–H and O–H groups in total. The van der Waals surface area contributed by atoms with Crippen LogP contribution in [0.2, 0.25) is 0 Å². The van der Waals surface area contributed by atoms with E-state index in [1.54, 1.807) is 12.3 Å². The van der Waals surface area contributed by atoms with Gasteiger partial charge in [-0.3, -0.25) is 0 Å². The summed E-state index contributed by atoms with van der Waals surface area (Å²) in [6.45, 7) is 2.22. The van der Waals surface area contributed by atoms with Crippen molar-refractivity contribution in [3.8, 4) is 0 Å². The van der Waals surface area contributed by atoms with Gasteiger partial charge in [0.05, 0.1) is 5.69 Å². The molecular weight excluding hydrogens is 203 g/mol. The Hall–Kier alpha value is -1.38. The van der Waals surface area contributed by atoms with Crippen molar-refractivity contribution in [2.45, 2.75) is 32.6 Å². The lowest BCUT2D eigenvalue weighted by atomic mass is 9.88. The standard InChI is InChI=1S/C13H15FN2/c1-2-9-3-5-11-12(7-9)16-8-10(14)4-6-13(16)15-11/h4,6,8-9H,2-3,5,7H2,1H3. The quantitative estimate of drug-likeness (QED) is 0.719. The van der Waals surface area contributed by atoms with E-state index in [1.165, 1.54) is 24.6 Å². The summed E-state index contributed by atoms with van der Waals surface area (Å²) >= 11 is 0. The number of aryl methyl sites for hydroxylation is 1. The first kappa shape index (κ1) is 9.82. The van der Waals surface area contributed by atoms with Gasteiger partial charge in [0, 0.05) is 11.9 Å². The van der Waals surface area contributed by atoms with Gasteiger partial charge in [0.25, 0.3) is 0 Å². The van der Waals surface area contributed by atoms with E-state index in [1.807, 2.05) is 4.40 Å². The Morgan fingerprint density at radius 1 is 1.50 bits per heavy atom. The number of nitrogens with zero attached hydrogens (tertiary/aromatic N) is 2. The Labute approximate surface area is 94.1 Å². The van der Waals surface area contributed by atoms with Gasteiger partial charge in [-0.15, -0.1) is 0 Å². The summed E-state index contributed by atoms with van der Waals surface area (Å²) < 4.78 is 15.1. The maximum Gasteiger partial charge on any atom is 0.139 e. The van der Waals surface area contributed by atoms with Crippen LogP contribution < -0.4 is 0 Å². The van der Waals surface area contributed by atoms with Crippen LogP contribution in [0.4, 0.5) is 4.39 Å². The molecule has 0 fully saturated rings. The average Bonchev–Trinajstić information content (AvgIpc) is 2.66. The van der Waals surface area contributed by atoms with E-state index in [-0.39, 0.29) is 5.82 Å². The van der Waals surface area contributed by atoms with Crippen molar-refractivity contribution in [1.29, 1.82) is 0 Å². The molecule has 16 heavy (non-hydrogen) atoms. The Kier molecular flexibility index (Phi) is 2.20. The van der Waals surface area contributed by atoms with Crippen molar-refractivity contribution in [2.24, 2.45) is 5.92 Å². The molecule has 84 valence electrons. The topological polar surface area (TPSA) is 17.3 Å². The fourth-order valence-corrected chi connectivity index (χ4v) is 2.60. The predicted molar refractivity (Wildman–Crippen MR) is 61.0 cm³/mol. The smallest absolute Gasteiger partial charge is 0.139 e. The minimum atomic E-state index is -0.189. The second-order valence-electron chi connectivity index (χ2n) is 4.60. The van der Waals surface area contributed by atoms with Gasteiger partial charge in [-0.25, -0.2) is 9.37 Å². The molecule has 0 aliphatic heterocycles. The Bertz CT molecular complexity index is 530. The van der Waals surface area contributed by atoms with E-state index in [2.05, 4.69) is 11.9 Å². The summed E-state index contributed by atoms with van der Waals surface area (Å²) in [6, 6.07) is 3.24. The number of hydrogen-bond acceptors (Lipinski definition) is 1. The molecule has 0 spiro atoms. The molecule has 0 bridgehead atoms. The van der Waals surface area contributed by atoms with Gasteiger partial charge in [-0.2, -0.15) is 0 Å². The predicted octanol–water partition coefficient (Wildman–Crippen LogP) is 2.99. The van der Waals surface area contributed by atoms with Crippen LogP contribution in [0.15, 0.2) is 18.3 Å². The molecule has 3 heteroatoms. The fraction of sp³-hybridized carbons (Fsp3) is 0.462. The zero-order valence-electron chi connectivity index (χ0n) is 9.41. The third kappa shape index (κ3) is 1.42. The fourth-order valence-electron chi connectivity index (χ4n) is 2.60. The van der Waals surface area contributed by atoms with Gasteiger partial charge in [0.2, 0.25) is 0 Å². The van der Waals surface area contributed by atoms with Crippen LogP contribution >= 0.6 is 0 Å². The molecule has 1 aliphatic rings. The lowest BCUT2D eigenvalue weighted by Crippen LogP contribution is -2.14. The molecule has 0 aromatic carbocycles. The van der Waals surface area contributed by atoms with Crippen LogP contribution in [-0.2, 0) is 12.8 Å². The summed E-state index contributed by atoms with van der Waals surface area (Å²) in [5, 5.41) is 0. The molecule has 1 aliphatic carbocycles. The van der Waals surface area contributed by atoms with E-state index >= 15 is 0 Å². The maximum absolute atomic E-state index is 13.2. The minimum Gasteiger partial charge on any atom is -0.301 e. The average molecular weight is 218 g/mol. The Morgan fingerprint density at radius 3 is 3.19 bits per heavy atom. The first-order chi connectivity index (χ1) is 7.78. The Morgan fingerprint density at radius 2 is 2.38 bits per heavy atom. The van der Waals surface area contributed by atoms with Crippen molar-refractivity contribution < 1.29 is 4.39 Å². The summed E-state index contributed by atoms with van der Waals surface area (Å²) in [7, 11) is 0. The van der Waals surface area contributed by atoms with Gasteiger partial charge >= 0.3 is 0 Å². The Balaban J connectivity index is 2.15. The van der Waals surface area contributed by atoms with Gasteiger partial charge in [0.1, 0.15) is 11.5 Å². The number of hydrogen-bond donors (Lipinski definition) is 0. The highest BCUT2D eigenvalue weighted by Gasteiger charge is 2.22. The molecule has 2 aromatic rings. The molecule has 2 nitrogen and oxygen atoms in total. The highest BCUT2D eigenvalue weighted by atomic mass is 19.1. The largest absolute Gasteiger partial charge is 0.301 e. The molecule has 0 saturated carbocycles. The molecule has 0 amide bonds. The first-order valence-electron chi connectivity index (χ1n) is 5.93. The molecule has 2 aromatic heterocycles. The number of fused-ring (bicyclic) bond motifs is 3. The number of pyridine rings is 1. The number of aromatic nitrogens is 2. The van der Waals surface area contributed by atoms with Crippen LogP contribution in [0.1, 0.15) is 31.2 Å². The zero-order chi connectivity index (χ0) is 11.1. The third-order valence-electron chi connectivity index (χ3n) is 3.61. The number of rotatable bonds is 1. The number of imidazole rings is 1. The second kappa shape index (κ2) is 3.58. The highest BCUT2D eigenvalue weighted by molar-refractivity contribution is 5.44. The van der Waals surface area contributed by atoms with E-state index in [0.29, 0.717) is 0 Å². The molecular formula is C13H15FN2.